The second-order valence-electron chi connectivity index (χ2n) is 9.76. The topological polar surface area (TPSA) is 113 Å². The fourth-order valence-electron chi connectivity index (χ4n) is 4.09. The molecule has 1 fully saturated rings. The zero-order valence-electron chi connectivity index (χ0n) is 23.9. The molecule has 0 N–H and O–H groups in total. The molecule has 0 radical (unpaired) electrons. The van der Waals surface area contributed by atoms with E-state index in [1.807, 2.05) is 25.1 Å². The smallest absolute Gasteiger partial charge is 0.422 e. The fraction of sp³-hybridized carbons (Fsp3) is 0.483. The largest absolute Gasteiger partial charge is 0.455 e. The van der Waals surface area contributed by atoms with E-state index in [-0.39, 0.29) is 17.6 Å². The molecule has 0 saturated heterocycles. The molecule has 9 nitrogen and oxygen atoms in total. The van der Waals surface area contributed by atoms with Crippen LogP contribution < -0.4 is 4.74 Å². The van der Waals surface area contributed by atoms with E-state index >= 15 is 0 Å². The molecule has 14 heteroatoms. The summed E-state index contributed by atoms with van der Waals surface area (Å²) in [4.78, 5) is 12.4. The molecule has 1 atom stereocenters. The molecule has 5 aromatic rings. The number of hydrogen-bond acceptors (Lipinski definition) is 10. The van der Waals surface area contributed by atoms with Crippen LogP contribution in [0.4, 0.5) is 17.6 Å². The maximum atomic E-state index is 13.7. The van der Waals surface area contributed by atoms with E-state index in [1.54, 1.807) is 0 Å². The fourth-order valence-corrected chi connectivity index (χ4v) is 5.15. The third-order valence-corrected chi connectivity index (χ3v) is 7.36. The lowest BCUT2D eigenvalue weighted by Gasteiger charge is -2.05. The Morgan fingerprint density at radius 2 is 1.72 bits per heavy atom. The van der Waals surface area contributed by atoms with E-state index in [0.717, 1.165) is 34.9 Å². The lowest BCUT2D eigenvalue weighted by Crippen LogP contribution is -2.18. The molecule has 0 bridgehead atoms. The van der Waals surface area contributed by atoms with Gasteiger partial charge in [-0.1, -0.05) is 62.7 Å². The van der Waals surface area contributed by atoms with Crippen LogP contribution >= 0.6 is 11.3 Å². The van der Waals surface area contributed by atoms with Crippen molar-refractivity contribution in [1.29, 1.82) is 0 Å². The zero-order chi connectivity index (χ0) is 30.7. The molecule has 1 saturated carbocycles. The molecule has 4 aromatic heterocycles. The molecule has 1 aliphatic rings. The predicted molar refractivity (Wildman–Crippen MR) is 152 cm³/mol. The number of furan rings is 1. The van der Waals surface area contributed by atoms with E-state index in [1.165, 1.54) is 62.0 Å². The van der Waals surface area contributed by atoms with E-state index in [2.05, 4.69) is 41.4 Å². The van der Waals surface area contributed by atoms with Gasteiger partial charge in [0.2, 0.25) is 11.7 Å². The van der Waals surface area contributed by atoms with Gasteiger partial charge in [0, 0.05) is 18.1 Å². The SMILES string of the molecule is C1CCCCC1.CCCc1nc(-c2ccc3nc(C(F)CC)sc3c2)no1.FC(F)(F)COc1ccc(-c2ncno2)o1. The van der Waals surface area contributed by atoms with Crippen LogP contribution in [-0.2, 0) is 6.42 Å². The molecular weight excluding hydrogens is 590 g/mol. The quantitative estimate of drug-likeness (QED) is 0.156. The third-order valence-electron chi connectivity index (χ3n) is 6.25. The summed E-state index contributed by atoms with van der Waals surface area (Å²) in [6.45, 7) is 2.47. The second-order valence-corrected chi connectivity index (χ2v) is 10.8. The minimum atomic E-state index is -4.41. The van der Waals surface area contributed by atoms with E-state index < -0.39 is 19.0 Å². The van der Waals surface area contributed by atoms with Crippen LogP contribution in [0.1, 0.15) is 82.3 Å². The molecule has 0 spiro atoms. The standard InChI is InChI=1S/C15H16FN3OS.C8H5F3N2O3.C6H12/c1-3-5-13-18-14(19-20-13)9-6-7-11-12(8-9)21-15(17-11)10(16)4-2;9-8(10,11)3-14-6-2-1-5(15-6)7-12-4-13-16-7;1-2-4-6-5-3-1/h6-8,10H,3-5H2,1-2H3;1-2,4H,3H2;1-6H2. The molecular formula is C29H33F4N5O4S. The summed E-state index contributed by atoms with van der Waals surface area (Å²) >= 11 is 1.38. The van der Waals surface area contributed by atoms with Gasteiger partial charge in [-0.3, -0.25) is 0 Å². The Labute approximate surface area is 249 Å². The summed E-state index contributed by atoms with van der Waals surface area (Å²) in [7, 11) is 0. The average molecular weight is 624 g/mol. The summed E-state index contributed by atoms with van der Waals surface area (Å²) in [6, 6.07) is 8.33. The highest BCUT2D eigenvalue weighted by Crippen LogP contribution is 2.32. The van der Waals surface area contributed by atoms with Crippen molar-refractivity contribution in [2.45, 2.75) is 84.0 Å². The Morgan fingerprint density at radius 1 is 0.977 bits per heavy atom. The van der Waals surface area contributed by atoms with Crippen LogP contribution in [0.15, 0.2) is 50.1 Å². The monoisotopic (exact) mass is 623 g/mol. The molecule has 0 amide bonds. The molecule has 6 rings (SSSR count). The number of thiazole rings is 1. The lowest BCUT2D eigenvalue weighted by molar-refractivity contribution is -0.156. The Balaban J connectivity index is 0.000000169. The van der Waals surface area contributed by atoms with Crippen molar-refractivity contribution >= 4 is 21.6 Å². The Hall–Kier alpha value is -3.81. The average Bonchev–Trinajstić information content (AvgIpc) is 3.83. The summed E-state index contributed by atoms with van der Waals surface area (Å²) in [5, 5.41) is 7.85. The molecule has 43 heavy (non-hydrogen) atoms. The molecule has 1 aromatic carbocycles. The zero-order valence-corrected chi connectivity index (χ0v) is 24.7. The van der Waals surface area contributed by atoms with Gasteiger partial charge >= 0.3 is 6.18 Å². The number of rotatable bonds is 8. The second kappa shape index (κ2) is 15.6. The van der Waals surface area contributed by atoms with Gasteiger partial charge in [0.25, 0.3) is 11.8 Å². The van der Waals surface area contributed by atoms with E-state index in [0.29, 0.717) is 23.1 Å². The van der Waals surface area contributed by atoms with E-state index in [9.17, 15) is 17.6 Å². The van der Waals surface area contributed by atoms with Crippen molar-refractivity contribution in [2.24, 2.45) is 0 Å². The van der Waals surface area contributed by atoms with Crippen LogP contribution in [0, 0.1) is 0 Å². The van der Waals surface area contributed by atoms with Gasteiger partial charge in [-0.05, 0) is 37.1 Å². The number of alkyl halides is 4. The van der Waals surface area contributed by atoms with Crippen LogP contribution in [0.5, 0.6) is 5.95 Å². The summed E-state index contributed by atoms with van der Waals surface area (Å²) < 4.78 is 69.2. The highest BCUT2D eigenvalue weighted by molar-refractivity contribution is 7.18. The number of halogens is 4. The van der Waals surface area contributed by atoms with Crippen LogP contribution in [0.3, 0.4) is 0 Å². The normalized spacial score (nSPS) is 14.0. The highest BCUT2D eigenvalue weighted by atomic mass is 32.1. The first-order chi connectivity index (χ1) is 20.8. The maximum Gasteiger partial charge on any atom is 0.422 e. The molecule has 1 unspecified atom stereocenters. The van der Waals surface area contributed by atoms with Gasteiger partial charge in [-0.15, -0.1) is 11.3 Å². The third kappa shape index (κ3) is 9.87. The first-order valence-electron chi connectivity index (χ1n) is 14.2. The maximum absolute atomic E-state index is 13.7. The summed E-state index contributed by atoms with van der Waals surface area (Å²) in [5.41, 5.74) is 1.68. The number of hydrogen-bond donors (Lipinski definition) is 0. The number of ether oxygens (including phenoxy) is 1. The molecule has 4 heterocycles. The highest BCUT2D eigenvalue weighted by Gasteiger charge is 2.29. The first kappa shape index (κ1) is 32.1. The van der Waals surface area contributed by atoms with Crippen molar-refractivity contribution < 1.29 is 35.8 Å². The van der Waals surface area contributed by atoms with Gasteiger partial charge in [0.05, 0.1) is 10.2 Å². The molecule has 0 aliphatic heterocycles. The van der Waals surface area contributed by atoms with Gasteiger partial charge in [-0.2, -0.15) is 23.1 Å². The van der Waals surface area contributed by atoms with Gasteiger partial charge < -0.3 is 18.2 Å². The summed E-state index contributed by atoms with van der Waals surface area (Å²) in [5.74, 6) is 1.18. The van der Waals surface area contributed by atoms with Gasteiger partial charge in [0.1, 0.15) is 5.01 Å². The number of aromatic nitrogens is 5. The number of nitrogens with zero attached hydrogens (tertiary/aromatic N) is 5. The van der Waals surface area contributed by atoms with Crippen LogP contribution in [0.2, 0.25) is 0 Å². The Morgan fingerprint density at radius 3 is 2.35 bits per heavy atom. The first-order valence-corrected chi connectivity index (χ1v) is 15.0. The minimum absolute atomic E-state index is 0.0712. The van der Waals surface area contributed by atoms with Gasteiger partial charge in [0.15, 0.2) is 24.9 Å². The van der Waals surface area contributed by atoms with Crippen LogP contribution in [0.25, 0.3) is 33.3 Å². The Kier molecular flexibility index (Phi) is 11.6. The minimum Gasteiger partial charge on any atom is -0.455 e. The van der Waals surface area contributed by atoms with E-state index in [4.69, 9.17) is 8.94 Å². The van der Waals surface area contributed by atoms with Crippen LogP contribution in [-0.4, -0.2) is 38.0 Å². The van der Waals surface area contributed by atoms with Crippen molar-refractivity contribution in [3.63, 3.8) is 0 Å². The van der Waals surface area contributed by atoms with Gasteiger partial charge in [-0.25, -0.2) is 9.37 Å². The van der Waals surface area contributed by atoms with Crippen molar-refractivity contribution in [1.82, 2.24) is 25.3 Å². The molecule has 1 aliphatic carbocycles. The summed E-state index contributed by atoms with van der Waals surface area (Å²) in [6.07, 6.45) is 6.93. The van der Waals surface area contributed by atoms with Crippen molar-refractivity contribution in [3.05, 3.63) is 47.6 Å². The predicted octanol–water partition coefficient (Wildman–Crippen LogP) is 9.33. The molecule has 232 valence electrons. The number of benzene rings is 1. The van der Waals surface area contributed by atoms with Crippen molar-refractivity contribution in [2.75, 3.05) is 6.61 Å². The number of fused-ring (bicyclic) bond motifs is 1. The Bertz CT molecular complexity index is 1500. The van der Waals surface area contributed by atoms with Crippen molar-refractivity contribution in [3.8, 4) is 29.0 Å². The lowest BCUT2D eigenvalue weighted by atomic mass is 10.0. The number of aryl methyl sites for hydroxylation is 1.